The first kappa shape index (κ1) is 17.5. The van der Waals surface area contributed by atoms with Gasteiger partial charge in [-0.05, 0) is 18.6 Å². The van der Waals surface area contributed by atoms with Crippen molar-refractivity contribution in [2.75, 3.05) is 24.6 Å². The summed E-state index contributed by atoms with van der Waals surface area (Å²) in [6.07, 6.45) is 6.02. The number of anilines is 1. The van der Waals surface area contributed by atoms with Gasteiger partial charge in [0.05, 0.1) is 6.10 Å². The Morgan fingerprint density at radius 3 is 2.62 bits per heavy atom. The summed E-state index contributed by atoms with van der Waals surface area (Å²) in [4.78, 5) is 2.22. The maximum atomic E-state index is 10.2. The van der Waals surface area contributed by atoms with Gasteiger partial charge in [0, 0.05) is 37.7 Å². The lowest BCUT2D eigenvalue weighted by Crippen LogP contribution is -2.27. The highest BCUT2D eigenvalue weighted by Gasteiger charge is 2.17. The molecule has 0 fully saturated rings. The Morgan fingerprint density at radius 2 is 2.00 bits per heavy atom. The summed E-state index contributed by atoms with van der Waals surface area (Å²) in [5.41, 5.74) is 2.20. The highest BCUT2D eigenvalue weighted by atomic mass is 16.3. The average Bonchev–Trinajstić information content (AvgIpc) is 2.51. The third-order valence-corrected chi connectivity index (χ3v) is 3.62. The molecule has 0 aliphatic carbocycles. The summed E-state index contributed by atoms with van der Waals surface area (Å²) in [7, 11) is 0. The minimum absolute atomic E-state index is 0.00171. The molecule has 1 aromatic carbocycles. The molecule has 1 rings (SSSR count). The minimum atomic E-state index is -0.538. The van der Waals surface area contributed by atoms with Crippen LogP contribution in [-0.4, -0.2) is 36.0 Å². The molecule has 0 bridgehead atoms. The Labute approximate surface area is 128 Å². The topological polar surface area (TPSA) is 43.7 Å². The van der Waals surface area contributed by atoms with Crippen molar-refractivity contribution in [1.82, 2.24) is 0 Å². The first-order valence-electron chi connectivity index (χ1n) is 7.47. The zero-order valence-electron chi connectivity index (χ0n) is 13.1. The first-order chi connectivity index (χ1) is 10.1. The van der Waals surface area contributed by atoms with E-state index in [1.54, 1.807) is 0 Å². The Hall–Kier alpha value is -1.58. The van der Waals surface area contributed by atoms with E-state index >= 15 is 0 Å². The second-order valence-corrected chi connectivity index (χ2v) is 5.32. The molecule has 0 heterocycles. The minimum Gasteiger partial charge on any atom is -0.396 e. The van der Waals surface area contributed by atoms with Crippen LogP contribution in [0.15, 0.2) is 49.1 Å². The van der Waals surface area contributed by atoms with Crippen molar-refractivity contribution < 1.29 is 10.2 Å². The lowest BCUT2D eigenvalue weighted by atomic mass is 9.97. The van der Waals surface area contributed by atoms with Crippen LogP contribution in [0.25, 0.3) is 0 Å². The highest BCUT2D eigenvalue weighted by Crippen LogP contribution is 2.23. The number of aliphatic hydroxyl groups is 2. The second kappa shape index (κ2) is 9.37. The zero-order valence-corrected chi connectivity index (χ0v) is 13.1. The van der Waals surface area contributed by atoms with Crippen molar-refractivity contribution >= 4 is 5.69 Å². The van der Waals surface area contributed by atoms with Gasteiger partial charge in [-0.1, -0.05) is 43.4 Å². The van der Waals surface area contributed by atoms with Crippen molar-refractivity contribution in [3.63, 3.8) is 0 Å². The van der Waals surface area contributed by atoms with Gasteiger partial charge in [0.2, 0.25) is 0 Å². The van der Waals surface area contributed by atoms with Crippen LogP contribution in [-0.2, 0) is 6.42 Å². The van der Waals surface area contributed by atoms with Gasteiger partial charge in [-0.2, -0.15) is 0 Å². The van der Waals surface area contributed by atoms with Crippen molar-refractivity contribution in [2.45, 2.75) is 26.4 Å². The van der Waals surface area contributed by atoms with Crippen LogP contribution >= 0.6 is 0 Å². The molecule has 0 aromatic heterocycles. The van der Waals surface area contributed by atoms with Crippen LogP contribution in [0.3, 0.4) is 0 Å². The number of para-hydroxylation sites is 1. The van der Waals surface area contributed by atoms with Gasteiger partial charge in [0.15, 0.2) is 0 Å². The number of hydrogen-bond acceptors (Lipinski definition) is 3. The summed E-state index contributed by atoms with van der Waals surface area (Å²) in [6.45, 7) is 9.24. The molecule has 1 aromatic rings. The van der Waals surface area contributed by atoms with E-state index in [4.69, 9.17) is 5.11 Å². The fourth-order valence-corrected chi connectivity index (χ4v) is 2.20. The molecule has 3 heteroatoms. The van der Waals surface area contributed by atoms with Gasteiger partial charge in [0.25, 0.3) is 0 Å². The third kappa shape index (κ3) is 5.37. The standard InChI is InChI=1S/C18H27NO2/c1-4-6-12-19(11-5-2)17-10-8-7-9-16(17)13-18(21)15(3)14-20/h4-10,15,18,20-21H,2,11-14H2,1,3H3. The summed E-state index contributed by atoms with van der Waals surface area (Å²) in [6, 6.07) is 8.09. The number of benzene rings is 1. The number of hydrogen-bond donors (Lipinski definition) is 2. The Balaban J connectivity index is 2.97. The molecule has 0 aliphatic heterocycles. The fraction of sp³-hybridized carbons (Fsp3) is 0.444. The van der Waals surface area contributed by atoms with Crippen LogP contribution in [0.2, 0.25) is 0 Å². The fourth-order valence-electron chi connectivity index (χ4n) is 2.20. The van der Waals surface area contributed by atoms with E-state index in [9.17, 15) is 5.11 Å². The molecule has 0 saturated carbocycles. The maximum Gasteiger partial charge on any atom is 0.0628 e. The number of allylic oxidation sites excluding steroid dienone is 1. The molecule has 2 N–H and O–H groups in total. The Bertz CT molecular complexity index is 456. The van der Waals surface area contributed by atoms with Gasteiger partial charge >= 0.3 is 0 Å². The molecule has 0 aliphatic rings. The second-order valence-electron chi connectivity index (χ2n) is 5.32. The summed E-state index contributed by atoms with van der Waals surface area (Å²) in [5.74, 6) is -0.124. The van der Waals surface area contributed by atoms with Gasteiger partial charge < -0.3 is 15.1 Å². The summed E-state index contributed by atoms with van der Waals surface area (Å²) < 4.78 is 0. The van der Waals surface area contributed by atoms with Crippen LogP contribution in [0.1, 0.15) is 19.4 Å². The van der Waals surface area contributed by atoms with Crippen LogP contribution in [0.5, 0.6) is 0 Å². The lowest BCUT2D eigenvalue weighted by molar-refractivity contribution is 0.0776. The van der Waals surface area contributed by atoms with Crippen molar-refractivity contribution in [3.8, 4) is 0 Å². The summed E-state index contributed by atoms with van der Waals surface area (Å²) >= 11 is 0. The lowest BCUT2D eigenvalue weighted by Gasteiger charge is -2.26. The Kier molecular flexibility index (Phi) is 7.80. The molecule has 0 spiro atoms. The predicted molar refractivity (Wildman–Crippen MR) is 89.6 cm³/mol. The molecule has 116 valence electrons. The smallest absolute Gasteiger partial charge is 0.0628 e. The highest BCUT2D eigenvalue weighted by molar-refractivity contribution is 5.55. The van der Waals surface area contributed by atoms with E-state index in [0.29, 0.717) is 6.42 Å². The number of rotatable bonds is 9. The number of aliphatic hydroxyl groups excluding tert-OH is 2. The van der Waals surface area contributed by atoms with Gasteiger partial charge in [-0.3, -0.25) is 0 Å². The van der Waals surface area contributed by atoms with Crippen molar-refractivity contribution in [3.05, 3.63) is 54.6 Å². The van der Waals surface area contributed by atoms with Gasteiger partial charge in [-0.25, -0.2) is 0 Å². The maximum absolute atomic E-state index is 10.2. The molecule has 21 heavy (non-hydrogen) atoms. The van der Waals surface area contributed by atoms with E-state index < -0.39 is 6.10 Å². The molecule has 3 nitrogen and oxygen atoms in total. The quantitative estimate of drug-likeness (QED) is 0.687. The first-order valence-corrected chi connectivity index (χ1v) is 7.47. The molecule has 0 saturated heterocycles. The molecule has 0 radical (unpaired) electrons. The Morgan fingerprint density at radius 1 is 1.29 bits per heavy atom. The van der Waals surface area contributed by atoms with Gasteiger partial charge in [0.1, 0.15) is 0 Å². The SMILES string of the molecule is C=CCN(CC=CC)c1ccccc1CC(O)C(C)CO. The molecule has 0 amide bonds. The average molecular weight is 289 g/mol. The molecule has 2 atom stereocenters. The van der Waals surface area contributed by atoms with E-state index in [0.717, 1.165) is 24.3 Å². The predicted octanol–water partition coefficient (Wildman–Crippen LogP) is 2.79. The van der Waals surface area contributed by atoms with Crippen molar-refractivity contribution in [2.24, 2.45) is 5.92 Å². The summed E-state index contributed by atoms with van der Waals surface area (Å²) in [5, 5.41) is 19.3. The van der Waals surface area contributed by atoms with Gasteiger partial charge in [-0.15, -0.1) is 6.58 Å². The monoisotopic (exact) mass is 289 g/mol. The van der Waals surface area contributed by atoms with E-state index in [1.165, 1.54) is 0 Å². The molecular weight excluding hydrogens is 262 g/mol. The zero-order chi connectivity index (χ0) is 15.7. The molecule has 2 unspecified atom stereocenters. The van der Waals surface area contributed by atoms with Crippen LogP contribution in [0, 0.1) is 5.92 Å². The van der Waals surface area contributed by atoms with Crippen LogP contribution < -0.4 is 4.90 Å². The van der Waals surface area contributed by atoms with Crippen LogP contribution in [0.4, 0.5) is 5.69 Å². The van der Waals surface area contributed by atoms with E-state index in [-0.39, 0.29) is 12.5 Å². The largest absolute Gasteiger partial charge is 0.396 e. The van der Waals surface area contributed by atoms with E-state index in [1.807, 2.05) is 44.2 Å². The van der Waals surface area contributed by atoms with E-state index in [2.05, 4.69) is 23.6 Å². The molecular formula is C18H27NO2. The van der Waals surface area contributed by atoms with Crippen molar-refractivity contribution in [1.29, 1.82) is 0 Å². The number of nitrogens with zero attached hydrogens (tertiary/aromatic N) is 1. The third-order valence-electron chi connectivity index (χ3n) is 3.62. The normalized spacial score (nSPS) is 14.1.